The molecular formula is C17H27N3O3. The summed E-state index contributed by atoms with van der Waals surface area (Å²) in [5.74, 6) is 0.908. The number of carbonyl (C=O) groups excluding carboxylic acids is 1. The van der Waals surface area contributed by atoms with Crippen LogP contribution in [0.15, 0.2) is 22.8 Å². The molecule has 2 saturated heterocycles. The highest BCUT2D eigenvalue weighted by Gasteiger charge is 2.27. The van der Waals surface area contributed by atoms with Crippen molar-refractivity contribution in [1.29, 1.82) is 0 Å². The summed E-state index contributed by atoms with van der Waals surface area (Å²) in [5.41, 5.74) is 0. The van der Waals surface area contributed by atoms with E-state index in [0.29, 0.717) is 13.1 Å². The lowest BCUT2D eigenvalue weighted by Crippen LogP contribution is -2.49. The maximum absolute atomic E-state index is 12.4. The van der Waals surface area contributed by atoms with E-state index in [2.05, 4.69) is 10.2 Å². The molecular weight excluding hydrogens is 294 g/mol. The number of aliphatic hydroxyl groups is 1. The Morgan fingerprint density at radius 1 is 1.30 bits per heavy atom. The first-order valence-electron chi connectivity index (χ1n) is 8.72. The highest BCUT2D eigenvalue weighted by molar-refractivity contribution is 5.74. The van der Waals surface area contributed by atoms with Gasteiger partial charge in [-0.25, -0.2) is 4.79 Å². The van der Waals surface area contributed by atoms with Crippen molar-refractivity contribution in [1.82, 2.24) is 15.1 Å². The Kier molecular flexibility index (Phi) is 5.56. The fraction of sp³-hybridized carbons (Fsp3) is 0.706. The lowest BCUT2D eigenvalue weighted by Gasteiger charge is -2.35. The summed E-state index contributed by atoms with van der Waals surface area (Å²) in [7, 11) is 0. The normalized spacial score (nSPS) is 24.4. The van der Waals surface area contributed by atoms with Crippen LogP contribution in [-0.4, -0.2) is 59.8 Å². The fourth-order valence-corrected chi connectivity index (χ4v) is 3.56. The molecule has 2 atom stereocenters. The average Bonchev–Trinajstić information content (AvgIpc) is 3.10. The fourth-order valence-electron chi connectivity index (χ4n) is 3.56. The molecule has 0 aromatic carbocycles. The maximum Gasteiger partial charge on any atom is 0.317 e. The molecule has 0 radical (unpaired) electrons. The number of urea groups is 1. The van der Waals surface area contributed by atoms with Crippen LogP contribution >= 0.6 is 0 Å². The number of hydrogen-bond donors (Lipinski definition) is 2. The van der Waals surface area contributed by atoms with Gasteiger partial charge in [-0.1, -0.05) is 6.42 Å². The lowest BCUT2D eigenvalue weighted by atomic mass is 10.1. The monoisotopic (exact) mass is 321 g/mol. The lowest BCUT2D eigenvalue weighted by molar-refractivity contribution is 0.0822. The zero-order valence-corrected chi connectivity index (χ0v) is 13.6. The molecule has 2 fully saturated rings. The van der Waals surface area contributed by atoms with Gasteiger partial charge in [-0.05, 0) is 50.9 Å². The zero-order valence-electron chi connectivity index (χ0n) is 13.6. The number of piperidine rings is 2. The minimum Gasteiger partial charge on any atom is -0.468 e. The minimum absolute atomic E-state index is 0.0858. The van der Waals surface area contributed by atoms with Gasteiger partial charge in [0.1, 0.15) is 5.76 Å². The second-order valence-corrected chi connectivity index (χ2v) is 6.56. The Hall–Kier alpha value is -1.53. The molecule has 1 aromatic heterocycles. The third-order valence-corrected chi connectivity index (χ3v) is 4.83. The van der Waals surface area contributed by atoms with Gasteiger partial charge in [0.15, 0.2) is 0 Å². The average molecular weight is 321 g/mol. The van der Waals surface area contributed by atoms with Crippen molar-refractivity contribution in [2.75, 3.05) is 32.7 Å². The Bertz CT molecular complexity index is 485. The molecule has 2 aliphatic heterocycles. The molecule has 6 heteroatoms. The Balaban J connectivity index is 1.58. The van der Waals surface area contributed by atoms with E-state index in [4.69, 9.17) is 4.42 Å². The van der Waals surface area contributed by atoms with Crippen molar-refractivity contribution in [2.24, 2.45) is 0 Å². The first-order chi connectivity index (χ1) is 11.2. The van der Waals surface area contributed by atoms with Crippen molar-refractivity contribution in [3.05, 3.63) is 24.2 Å². The largest absolute Gasteiger partial charge is 0.468 e. The highest BCUT2D eigenvalue weighted by atomic mass is 16.3. The van der Waals surface area contributed by atoms with Crippen molar-refractivity contribution in [2.45, 2.75) is 44.2 Å². The predicted molar refractivity (Wildman–Crippen MR) is 87.1 cm³/mol. The smallest absolute Gasteiger partial charge is 0.317 e. The van der Waals surface area contributed by atoms with Gasteiger partial charge < -0.3 is 19.7 Å². The van der Waals surface area contributed by atoms with Crippen LogP contribution in [-0.2, 0) is 0 Å². The van der Waals surface area contributed by atoms with Crippen molar-refractivity contribution >= 4 is 6.03 Å². The third kappa shape index (κ3) is 4.26. The molecule has 3 heterocycles. The Labute approximate surface area is 137 Å². The number of rotatable bonds is 4. The number of furan rings is 1. The van der Waals surface area contributed by atoms with E-state index in [1.54, 1.807) is 11.2 Å². The van der Waals surface area contributed by atoms with Crippen molar-refractivity contribution in [3.63, 3.8) is 0 Å². The molecule has 2 N–H and O–H groups in total. The molecule has 0 unspecified atom stereocenters. The summed E-state index contributed by atoms with van der Waals surface area (Å²) in [6.45, 7) is 3.78. The number of carbonyl (C=O) groups is 1. The van der Waals surface area contributed by atoms with Gasteiger partial charge in [-0.3, -0.25) is 4.90 Å². The Morgan fingerprint density at radius 2 is 2.13 bits per heavy atom. The van der Waals surface area contributed by atoms with Crippen LogP contribution in [0, 0.1) is 0 Å². The SMILES string of the molecule is O=C(NC[C@@H](c1ccco1)N1CCCCC1)N1CCC[C@@H](O)C1. The van der Waals surface area contributed by atoms with Crippen LogP contribution in [0.1, 0.15) is 43.9 Å². The van der Waals surface area contributed by atoms with E-state index in [-0.39, 0.29) is 12.1 Å². The predicted octanol–water partition coefficient (Wildman–Crippen LogP) is 1.97. The molecule has 3 rings (SSSR count). The number of likely N-dealkylation sites (tertiary alicyclic amines) is 2. The number of nitrogens with one attached hydrogen (secondary N) is 1. The minimum atomic E-state index is -0.391. The second kappa shape index (κ2) is 7.84. The highest BCUT2D eigenvalue weighted by Crippen LogP contribution is 2.24. The maximum atomic E-state index is 12.4. The number of β-amino-alcohol motifs (C(OH)–C–C–N with tert-alkyl or cyclic N) is 1. The molecule has 2 amide bonds. The first-order valence-corrected chi connectivity index (χ1v) is 8.72. The van der Waals surface area contributed by atoms with Crippen molar-refractivity contribution in [3.8, 4) is 0 Å². The molecule has 0 bridgehead atoms. The zero-order chi connectivity index (χ0) is 16.1. The summed E-state index contributed by atoms with van der Waals surface area (Å²) >= 11 is 0. The van der Waals surface area contributed by atoms with Gasteiger partial charge in [-0.2, -0.15) is 0 Å². The van der Waals surface area contributed by atoms with Crippen LogP contribution in [0.3, 0.4) is 0 Å². The van der Waals surface area contributed by atoms with Gasteiger partial charge >= 0.3 is 6.03 Å². The second-order valence-electron chi connectivity index (χ2n) is 6.56. The molecule has 0 aliphatic carbocycles. The molecule has 2 aliphatic rings. The van der Waals surface area contributed by atoms with Crippen LogP contribution in [0.2, 0.25) is 0 Å². The van der Waals surface area contributed by atoms with Gasteiger partial charge in [-0.15, -0.1) is 0 Å². The van der Waals surface area contributed by atoms with Gasteiger partial charge in [0.2, 0.25) is 0 Å². The van der Waals surface area contributed by atoms with E-state index in [9.17, 15) is 9.90 Å². The quantitative estimate of drug-likeness (QED) is 0.890. The van der Waals surface area contributed by atoms with Crippen LogP contribution in [0.5, 0.6) is 0 Å². The molecule has 1 aromatic rings. The van der Waals surface area contributed by atoms with Gasteiger partial charge in [0, 0.05) is 19.6 Å². The van der Waals surface area contributed by atoms with Crippen LogP contribution in [0.4, 0.5) is 4.79 Å². The standard InChI is InChI=1S/C17H27N3O3/c21-14-6-4-10-20(13-14)17(22)18-12-15(16-7-5-11-23-16)19-8-2-1-3-9-19/h5,7,11,14-15,21H,1-4,6,8-10,12-13H2,(H,18,22)/t14-,15+/m1/s1. The summed E-state index contributed by atoms with van der Waals surface area (Å²) < 4.78 is 5.60. The van der Waals surface area contributed by atoms with Gasteiger partial charge in [0.25, 0.3) is 0 Å². The summed E-state index contributed by atoms with van der Waals surface area (Å²) in [6, 6.07) is 3.88. The molecule has 0 saturated carbocycles. The van der Waals surface area contributed by atoms with Crippen molar-refractivity contribution < 1.29 is 14.3 Å². The number of amides is 2. The summed E-state index contributed by atoms with van der Waals surface area (Å²) in [4.78, 5) is 16.5. The first kappa shape index (κ1) is 16.3. The number of nitrogens with zero attached hydrogens (tertiary/aromatic N) is 2. The summed E-state index contributed by atoms with van der Waals surface area (Å²) in [6.07, 6.45) is 6.62. The number of aliphatic hydroxyl groups excluding tert-OH is 1. The third-order valence-electron chi connectivity index (χ3n) is 4.83. The van der Waals surface area contributed by atoms with E-state index in [0.717, 1.165) is 38.2 Å². The van der Waals surface area contributed by atoms with Crippen LogP contribution < -0.4 is 5.32 Å². The van der Waals surface area contributed by atoms with E-state index in [1.165, 1.54) is 19.3 Å². The molecule has 23 heavy (non-hydrogen) atoms. The van der Waals surface area contributed by atoms with E-state index in [1.807, 2.05) is 12.1 Å². The molecule has 128 valence electrons. The van der Waals surface area contributed by atoms with E-state index >= 15 is 0 Å². The molecule has 6 nitrogen and oxygen atoms in total. The Morgan fingerprint density at radius 3 is 2.83 bits per heavy atom. The topological polar surface area (TPSA) is 69.0 Å². The molecule has 0 spiro atoms. The number of hydrogen-bond acceptors (Lipinski definition) is 4. The van der Waals surface area contributed by atoms with E-state index < -0.39 is 6.10 Å². The van der Waals surface area contributed by atoms with Gasteiger partial charge in [0.05, 0.1) is 18.4 Å². The summed E-state index contributed by atoms with van der Waals surface area (Å²) in [5, 5.41) is 12.7. The van der Waals surface area contributed by atoms with Crippen LogP contribution in [0.25, 0.3) is 0 Å².